The molecule has 1 aliphatic rings. The molecule has 0 radical (unpaired) electrons. The van der Waals surface area contributed by atoms with E-state index in [2.05, 4.69) is 21.2 Å². The van der Waals surface area contributed by atoms with E-state index in [0.29, 0.717) is 5.75 Å². The Morgan fingerprint density at radius 1 is 1.02 bits per heavy atom. The SMILES string of the molecule is COc1ccc(C)cc1N(CC(=O)N(Cc1cccc(Br)c1)[C@@H](C)C(=O)NC1CCCC1)S(=O)(=O)c1ccccc1. The minimum Gasteiger partial charge on any atom is -0.495 e. The second-order valence-electron chi connectivity index (χ2n) is 10.3. The number of aryl methyl sites for hydroxylation is 1. The fourth-order valence-corrected chi connectivity index (χ4v) is 6.92. The van der Waals surface area contributed by atoms with Crippen LogP contribution in [0.3, 0.4) is 0 Å². The van der Waals surface area contributed by atoms with E-state index in [9.17, 15) is 18.0 Å². The van der Waals surface area contributed by atoms with Crippen LogP contribution >= 0.6 is 15.9 Å². The maximum Gasteiger partial charge on any atom is 0.264 e. The summed E-state index contributed by atoms with van der Waals surface area (Å²) in [6, 6.07) is 19.9. The quantitative estimate of drug-likeness (QED) is 0.301. The molecule has 3 aromatic rings. The van der Waals surface area contributed by atoms with Crippen molar-refractivity contribution in [3.8, 4) is 5.75 Å². The van der Waals surface area contributed by atoms with Gasteiger partial charge in [0, 0.05) is 17.1 Å². The predicted octanol–water partition coefficient (Wildman–Crippen LogP) is 5.44. The molecule has 1 fully saturated rings. The molecule has 3 aromatic carbocycles. The highest BCUT2D eigenvalue weighted by Gasteiger charge is 2.34. The number of methoxy groups -OCH3 is 1. The minimum absolute atomic E-state index is 0.0434. The van der Waals surface area contributed by atoms with E-state index in [1.807, 2.05) is 37.3 Å². The van der Waals surface area contributed by atoms with E-state index < -0.39 is 28.5 Å². The van der Waals surface area contributed by atoms with Gasteiger partial charge in [-0.1, -0.05) is 65.2 Å². The Morgan fingerprint density at radius 2 is 1.73 bits per heavy atom. The summed E-state index contributed by atoms with van der Waals surface area (Å²) in [6.07, 6.45) is 3.94. The van der Waals surface area contributed by atoms with Crippen LogP contribution in [0, 0.1) is 6.92 Å². The van der Waals surface area contributed by atoms with E-state index in [4.69, 9.17) is 4.74 Å². The molecule has 41 heavy (non-hydrogen) atoms. The van der Waals surface area contributed by atoms with Gasteiger partial charge in [-0.2, -0.15) is 0 Å². The van der Waals surface area contributed by atoms with Crippen molar-refractivity contribution >= 4 is 43.5 Å². The fraction of sp³-hybridized carbons (Fsp3) is 0.355. The van der Waals surface area contributed by atoms with Crippen LogP contribution in [0.25, 0.3) is 0 Å². The number of carbonyl (C=O) groups is 2. The van der Waals surface area contributed by atoms with Crippen molar-refractivity contribution < 1.29 is 22.7 Å². The lowest BCUT2D eigenvalue weighted by Crippen LogP contribution is -2.52. The van der Waals surface area contributed by atoms with E-state index in [0.717, 1.165) is 45.6 Å². The molecule has 1 saturated carbocycles. The van der Waals surface area contributed by atoms with Gasteiger partial charge in [0.1, 0.15) is 18.3 Å². The zero-order valence-corrected chi connectivity index (χ0v) is 25.9. The number of hydrogen-bond acceptors (Lipinski definition) is 5. The van der Waals surface area contributed by atoms with Gasteiger partial charge in [-0.3, -0.25) is 13.9 Å². The van der Waals surface area contributed by atoms with Gasteiger partial charge in [0.15, 0.2) is 0 Å². The van der Waals surface area contributed by atoms with Crippen LogP contribution in [0.1, 0.15) is 43.7 Å². The summed E-state index contributed by atoms with van der Waals surface area (Å²) < 4.78 is 35.5. The Kier molecular flexibility index (Phi) is 10.1. The molecule has 0 heterocycles. The molecule has 1 N–H and O–H groups in total. The minimum atomic E-state index is -4.18. The Morgan fingerprint density at radius 3 is 2.39 bits per heavy atom. The molecule has 0 unspecified atom stereocenters. The molecule has 1 atom stereocenters. The van der Waals surface area contributed by atoms with Crippen molar-refractivity contribution in [2.24, 2.45) is 0 Å². The van der Waals surface area contributed by atoms with Crippen LogP contribution in [0.5, 0.6) is 5.75 Å². The summed E-state index contributed by atoms with van der Waals surface area (Å²) in [7, 11) is -2.72. The molecule has 0 aromatic heterocycles. The van der Waals surface area contributed by atoms with Crippen LogP contribution in [-0.2, 0) is 26.2 Å². The third-order valence-electron chi connectivity index (χ3n) is 7.32. The second-order valence-corrected chi connectivity index (χ2v) is 13.1. The number of ether oxygens (including phenoxy) is 1. The van der Waals surface area contributed by atoms with Gasteiger partial charge in [-0.05, 0) is 74.2 Å². The number of nitrogens with zero attached hydrogens (tertiary/aromatic N) is 2. The smallest absolute Gasteiger partial charge is 0.264 e. The number of anilines is 1. The number of carbonyl (C=O) groups excluding carboxylic acids is 2. The molecule has 218 valence electrons. The molecular formula is C31H36BrN3O5S. The second kappa shape index (κ2) is 13.5. The van der Waals surface area contributed by atoms with Gasteiger partial charge in [0.05, 0.1) is 17.7 Å². The Hall–Kier alpha value is -3.37. The molecule has 1 aliphatic carbocycles. The van der Waals surface area contributed by atoms with Gasteiger partial charge in [0.25, 0.3) is 10.0 Å². The highest BCUT2D eigenvalue weighted by molar-refractivity contribution is 9.10. The standard InChI is InChI=1S/C31H36BrN3O5S/c1-22-16-17-29(40-3)28(18-22)35(41(38,39)27-14-5-4-6-15-27)21-30(36)34(20-24-10-9-11-25(32)19-24)23(2)31(37)33-26-12-7-8-13-26/h4-6,9-11,14-19,23,26H,7-8,12-13,20-21H2,1-3H3,(H,33,37)/t23-/m0/s1. The molecule has 2 amide bonds. The summed E-state index contributed by atoms with van der Waals surface area (Å²) in [5.74, 6) is -0.457. The number of sulfonamides is 1. The molecule has 4 rings (SSSR count). The molecule has 0 saturated heterocycles. The first-order chi connectivity index (χ1) is 19.6. The highest BCUT2D eigenvalue weighted by atomic mass is 79.9. The predicted molar refractivity (Wildman–Crippen MR) is 163 cm³/mol. The maximum absolute atomic E-state index is 14.1. The Bertz CT molecular complexity index is 1480. The molecule has 8 nitrogen and oxygen atoms in total. The van der Waals surface area contributed by atoms with Crippen LogP contribution in [-0.4, -0.2) is 50.9 Å². The first-order valence-corrected chi connectivity index (χ1v) is 15.9. The van der Waals surface area contributed by atoms with Gasteiger partial charge in [-0.15, -0.1) is 0 Å². The monoisotopic (exact) mass is 641 g/mol. The van der Waals surface area contributed by atoms with Gasteiger partial charge >= 0.3 is 0 Å². The van der Waals surface area contributed by atoms with Crippen molar-refractivity contribution in [1.29, 1.82) is 0 Å². The number of nitrogens with one attached hydrogen (secondary N) is 1. The van der Waals surface area contributed by atoms with Crippen LogP contribution in [0.4, 0.5) is 5.69 Å². The summed E-state index contributed by atoms with van der Waals surface area (Å²) in [6.45, 7) is 3.13. The highest BCUT2D eigenvalue weighted by Crippen LogP contribution is 2.34. The summed E-state index contributed by atoms with van der Waals surface area (Å²) >= 11 is 3.47. The lowest BCUT2D eigenvalue weighted by molar-refractivity contribution is -0.139. The average molecular weight is 643 g/mol. The van der Waals surface area contributed by atoms with E-state index >= 15 is 0 Å². The summed E-state index contributed by atoms with van der Waals surface area (Å²) in [4.78, 5) is 29.0. The largest absolute Gasteiger partial charge is 0.495 e. The molecule has 0 spiro atoms. The zero-order valence-electron chi connectivity index (χ0n) is 23.5. The maximum atomic E-state index is 14.1. The van der Waals surface area contributed by atoms with E-state index in [1.54, 1.807) is 37.3 Å². The van der Waals surface area contributed by atoms with Crippen molar-refractivity contribution in [2.45, 2.75) is 63.1 Å². The van der Waals surface area contributed by atoms with Crippen molar-refractivity contribution in [1.82, 2.24) is 10.2 Å². The third-order valence-corrected chi connectivity index (χ3v) is 9.59. The number of halogens is 1. The number of hydrogen-bond donors (Lipinski definition) is 1. The van der Waals surface area contributed by atoms with Gasteiger partial charge in [0.2, 0.25) is 11.8 Å². The summed E-state index contributed by atoms with van der Waals surface area (Å²) in [5.41, 5.74) is 1.85. The Labute approximate surface area is 250 Å². The van der Waals surface area contributed by atoms with Gasteiger partial charge in [-0.25, -0.2) is 8.42 Å². The lowest BCUT2D eigenvalue weighted by atomic mass is 10.1. The number of benzene rings is 3. The lowest BCUT2D eigenvalue weighted by Gasteiger charge is -2.33. The summed E-state index contributed by atoms with van der Waals surface area (Å²) in [5, 5.41) is 3.08. The van der Waals surface area contributed by atoms with Crippen LogP contribution in [0.2, 0.25) is 0 Å². The van der Waals surface area contributed by atoms with Crippen molar-refractivity contribution in [3.05, 3.63) is 88.4 Å². The fourth-order valence-electron chi connectivity index (χ4n) is 5.03. The normalized spacial score (nSPS) is 14.3. The molecule has 10 heteroatoms. The first-order valence-electron chi connectivity index (χ1n) is 13.7. The van der Waals surface area contributed by atoms with Crippen molar-refractivity contribution in [2.75, 3.05) is 18.0 Å². The topological polar surface area (TPSA) is 96.0 Å². The Balaban J connectivity index is 1.73. The van der Waals surface area contributed by atoms with E-state index in [1.165, 1.54) is 24.1 Å². The van der Waals surface area contributed by atoms with Gasteiger partial charge < -0.3 is 15.0 Å². The zero-order chi connectivity index (χ0) is 29.6. The molecule has 0 bridgehead atoms. The third kappa shape index (κ3) is 7.48. The van der Waals surface area contributed by atoms with Crippen molar-refractivity contribution in [3.63, 3.8) is 0 Å². The van der Waals surface area contributed by atoms with Crippen LogP contribution in [0.15, 0.2) is 82.2 Å². The average Bonchev–Trinajstić information content (AvgIpc) is 3.47. The van der Waals surface area contributed by atoms with Crippen LogP contribution < -0.4 is 14.4 Å². The van der Waals surface area contributed by atoms with E-state index in [-0.39, 0.29) is 29.1 Å². The number of amides is 2. The molecule has 0 aliphatic heterocycles. The first kappa shape index (κ1) is 30.6. The molecular weight excluding hydrogens is 606 g/mol. The number of rotatable bonds is 11.